The minimum atomic E-state index is -0.243. The standard InChI is InChI=1S/C14H19NO4/c1-9-3-11-12(19-8-18-11)4-10(9)13(15-2)14(5-16)6-17-7-14/h3-4,13,15-16H,5-8H2,1-2H3. The molecule has 2 aliphatic heterocycles. The highest BCUT2D eigenvalue weighted by atomic mass is 16.7. The summed E-state index contributed by atoms with van der Waals surface area (Å²) in [6, 6.07) is 4.04. The molecule has 0 aliphatic carbocycles. The number of hydrogen-bond acceptors (Lipinski definition) is 5. The van der Waals surface area contributed by atoms with E-state index in [1.807, 2.05) is 26.1 Å². The second kappa shape index (κ2) is 4.67. The van der Waals surface area contributed by atoms with Gasteiger partial charge in [0.15, 0.2) is 11.5 Å². The Morgan fingerprint density at radius 3 is 2.53 bits per heavy atom. The number of benzene rings is 1. The smallest absolute Gasteiger partial charge is 0.231 e. The highest BCUT2D eigenvalue weighted by Crippen LogP contribution is 2.44. The Balaban J connectivity index is 2.00. The van der Waals surface area contributed by atoms with E-state index in [1.54, 1.807) is 0 Å². The lowest BCUT2D eigenvalue weighted by Gasteiger charge is -2.46. The number of aliphatic hydroxyl groups is 1. The van der Waals surface area contributed by atoms with Crippen molar-refractivity contribution in [2.45, 2.75) is 13.0 Å². The van der Waals surface area contributed by atoms with Crippen molar-refractivity contribution < 1.29 is 19.3 Å². The summed E-state index contributed by atoms with van der Waals surface area (Å²) in [4.78, 5) is 0. The number of ether oxygens (including phenoxy) is 3. The molecule has 104 valence electrons. The Kier molecular flexibility index (Phi) is 3.12. The average molecular weight is 265 g/mol. The molecule has 1 unspecified atom stereocenters. The minimum Gasteiger partial charge on any atom is -0.454 e. The van der Waals surface area contributed by atoms with Crippen LogP contribution in [-0.2, 0) is 4.74 Å². The van der Waals surface area contributed by atoms with E-state index < -0.39 is 0 Å². The fraction of sp³-hybridized carbons (Fsp3) is 0.571. The number of aliphatic hydroxyl groups excluding tert-OH is 1. The van der Waals surface area contributed by atoms with Gasteiger partial charge in [-0.1, -0.05) is 0 Å². The van der Waals surface area contributed by atoms with Gasteiger partial charge in [-0.2, -0.15) is 0 Å². The summed E-state index contributed by atoms with van der Waals surface area (Å²) in [5, 5.41) is 13.0. The van der Waals surface area contributed by atoms with Gasteiger partial charge < -0.3 is 24.6 Å². The van der Waals surface area contributed by atoms with E-state index in [1.165, 1.54) is 0 Å². The van der Waals surface area contributed by atoms with Crippen LogP contribution in [0.15, 0.2) is 12.1 Å². The molecule has 19 heavy (non-hydrogen) atoms. The third-order valence-electron chi connectivity index (χ3n) is 4.07. The van der Waals surface area contributed by atoms with Crippen LogP contribution in [0, 0.1) is 12.3 Å². The Morgan fingerprint density at radius 1 is 1.32 bits per heavy atom. The van der Waals surface area contributed by atoms with Gasteiger partial charge >= 0.3 is 0 Å². The fourth-order valence-corrected chi connectivity index (χ4v) is 2.88. The first-order chi connectivity index (χ1) is 9.20. The summed E-state index contributed by atoms with van der Waals surface area (Å²) in [5.41, 5.74) is 2.01. The number of fused-ring (bicyclic) bond motifs is 1. The third-order valence-corrected chi connectivity index (χ3v) is 4.07. The summed E-state index contributed by atoms with van der Waals surface area (Å²) in [7, 11) is 1.91. The largest absolute Gasteiger partial charge is 0.454 e. The number of aryl methyl sites for hydroxylation is 1. The molecule has 2 heterocycles. The Labute approximate surface area is 112 Å². The van der Waals surface area contributed by atoms with E-state index in [2.05, 4.69) is 5.32 Å². The predicted octanol–water partition coefficient (Wildman–Crippen LogP) is 0.993. The first-order valence-electron chi connectivity index (χ1n) is 6.46. The van der Waals surface area contributed by atoms with Gasteiger partial charge in [0, 0.05) is 6.04 Å². The van der Waals surface area contributed by atoms with Crippen LogP contribution < -0.4 is 14.8 Å². The van der Waals surface area contributed by atoms with Crippen molar-refractivity contribution in [3.05, 3.63) is 23.3 Å². The Morgan fingerprint density at radius 2 is 2.00 bits per heavy atom. The summed E-state index contributed by atoms with van der Waals surface area (Å²) >= 11 is 0. The second-order valence-electron chi connectivity index (χ2n) is 5.30. The van der Waals surface area contributed by atoms with Crippen LogP contribution in [0.25, 0.3) is 0 Å². The molecule has 0 radical (unpaired) electrons. The summed E-state index contributed by atoms with van der Waals surface area (Å²) < 4.78 is 16.1. The van der Waals surface area contributed by atoms with E-state index >= 15 is 0 Å². The van der Waals surface area contributed by atoms with Crippen molar-refractivity contribution in [3.8, 4) is 11.5 Å². The zero-order chi connectivity index (χ0) is 13.5. The first kappa shape index (κ1) is 12.7. The van der Waals surface area contributed by atoms with Gasteiger partial charge in [0.25, 0.3) is 0 Å². The van der Waals surface area contributed by atoms with E-state index in [4.69, 9.17) is 14.2 Å². The highest BCUT2D eigenvalue weighted by molar-refractivity contribution is 5.49. The lowest BCUT2D eigenvalue weighted by Crippen LogP contribution is -2.53. The molecule has 5 heteroatoms. The quantitative estimate of drug-likeness (QED) is 0.850. The van der Waals surface area contributed by atoms with Gasteiger partial charge in [0.2, 0.25) is 6.79 Å². The molecular formula is C14H19NO4. The lowest BCUT2D eigenvalue weighted by molar-refractivity contribution is -0.155. The van der Waals surface area contributed by atoms with Gasteiger partial charge in [-0.15, -0.1) is 0 Å². The zero-order valence-electron chi connectivity index (χ0n) is 11.2. The van der Waals surface area contributed by atoms with Crippen LogP contribution >= 0.6 is 0 Å². The molecule has 1 saturated heterocycles. The van der Waals surface area contributed by atoms with E-state index in [0.29, 0.717) is 13.2 Å². The lowest BCUT2D eigenvalue weighted by atomic mass is 9.75. The Hall–Kier alpha value is -1.30. The van der Waals surface area contributed by atoms with Crippen molar-refractivity contribution >= 4 is 0 Å². The molecule has 1 atom stereocenters. The predicted molar refractivity (Wildman–Crippen MR) is 69.4 cm³/mol. The van der Waals surface area contributed by atoms with Crippen LogP contribution in [0.4, 0.5) is 0 Å². The molecule has 0 bridgehead atoms. The van der Waals surface area contributed by atoms with Crippen molar-refractivity contribution in [2.75, 3.05) is 33.7 Å². The maximum atomic E-state index is 9.71. The molecule has 0 spiro atoms. The molecule has 0 amide bonds. The van der Waals surface area contributed by atoms with Crippen LogP contribution in [0.3, 0.4) is 0 Å². The summed E-state index contributed by atoms with van der Waals surface area (Å²) in [6.07, 6.45) is 0. The molecule has 5 nitrogen and oxygen atoms in total. The van der Waals surface area contributed by atoms with Gasteiger partial charge in [0.1, 0.15) is 0 Å². The van der Waals surface area contributed by atoms with Gasteiger partial charge in [0.05, 0.1) is 25.2 Å². The normalized spacial score (nSPS) is 21.0. The van der Waals surface area contributed by atoms with Crippen LogP contribution in [-0.4, -0.2) is 38.8 Å². The number of rotatable bonds is 4. The van der Waals surface area contributed by atoms with E-state index in [-0.39, 0.29) is 24.9 Å². The zero-order valence-corrected chi connectivity index (χ0v) is 11.2. The molecule has 2 N–H and O–H groups in total. The Bertz CT molecular complexity index is 479. The first-order valence-corrected chi connectivity index (χ1v) is 6.46. The molecule has 3 rings (SSSR count). The van der Waals surface area contributed by atoms with E-state index in [9.17, 15) is 5.11 Å². The molecule has 0 saturated carbocycles. The molecule has 0 aromatic heterocycles. The minimum absolute atomic E-state index is 0.0424. The topological polar surface area (TPSA) is 60.0 Å². The van der Waals surface area contributed by atoms with Crippen LogP contribution in [0.5, 0.6) is 11.5 Å². The van der Waals surface area contributed by atoms with E-state index in [0.717, 1.165) is 22.6 Å². The number of hydrogen-bond donors (Lipinski definition) is 2. The SMILES string of the molecule is CNC(c1cc2c(cc1C)OCO2)C1(CO)COC1. The summed E-state index contributed by atoms with van der Waals surface area (Å²) in [5.74, 6) is 1.56. The molecule has 1 aromatic carbocycles. The van der Waals surface area contributed by atoms with Crippen LogP contribution in [0.1, 0.15) is 17.2 Å². The van der Waals surface area contributed by atoms with Gasteiger partial charge in [-0.05, 0) is 37.2 Å². The third kappa shape index (κ3) is 1.89. The van der Waals surface area contributed by atoms with Gasteiger partial charge in [-0.3, -0.25) is 0 Å². The maximum absolute atomic E-state index is 9.71. The summed E-state index contributed by atoms with van der Waals surface area (Å²) in [6.45, 7) is 3.57. The van der Waals surface area contributed by atoms with Crippen LogP contribution in [0.2, 0.25) is 0 Å². The average Bonchev–Trinajstić information content (AvgIpc) is 2.80. The fourth-order valence-electron chi connectivity index (χ4n) is 2.88. The van der Waals surface area contributed by atoms with Crippen molar-refractivity contribution in [2.24, 2.45) is 5.41 Å². The van der Waals surface area contributed by atoms with Crippen molar-refractivity contribution in [3.63, 3.8) is 0 Å². The van der Waals surface area contributed by atoms with Crippen molar-refractivity contribution in [1.29, 1.82) is 0 Å². The monoisotopic (exact) mass is 265 g/mol. The molecule has 1 fully saturated rings. The van der Waals surface area contributed by atoms with Gasteiger partial charge in [-0.25, -0.2) is 0 Å². The number of nitrogens with one attached hydrogen (secondary N) is 1. The highest BCUT2D eigenvalue weighted by Gasteiger charge is 2.46. The van der Waals surface area contributed by atoms with Crippen molar-refractivity contribution in [1.82, 2.24) is 5.32 Å². The molecule has 1 aromatic rings. The molecule has 2 aliphatic rings. The molecular weight excluding hydrogens is 246 g/mol. The second-order valence-corrected chi connectivity index (χ2v) is 5.30. The maximum Gasteiger partial charge on any atom is 0.231 e.